The molecule has 2 unspecified atom stereocenters. The van der Waals surface area contributed by atoms with Crippen LogP contribution in [0.4, 0.5) is 4.79 Å². The van der Waals surface area contributed by atoms with Crippen LogP contribution in [-0.2, 0) is 21.1 Å². The lowest BCUT2D eigenvalue weighted by Gasteiger charge is -2.33. The lowest BCUT2D eigenvalue weighted by molar-refractivity contribution is -0.124. The summed E-state index contributed by atoms with van der Waals surface area (Å²) in [6.45, 7) is 0.848. The Hall–Kier alpha value is -2.09. The first kappa shape index (κ1) is 12.6. The Bertz CT molecular complexity index is 704. The Morgan fingerprint density at radius 3 is 2.52 bits per heavy atom. The number of benzene rings is 1. The first-order valence-corrected chi connectivity index (χ1v) is 7.88. The van der Waals surface area contributed by atoms with Crippen LogP contribution >= 0.6 is 0 Å². The molecular formula is C13H12N2O5S. The molecule has 0 saturated carbocycles. The van der Waals surface area contributed by atoms with Gasteiger partial charge in [0.1, 0.15) is 18.8 Å². The normalized spacial score (nSPS) is 29.8. The molecule has 0 radical (unpaired) electrons. The summed E-state index contributed by atoms with van der Waals surface area (Å²) < 4.78 is 23.3. The largest absolute Gasteiger partial charge is 0.486 e. The highest BCUT2D eigenvalue weighted by molar-refractivity contribution is 7.85. The van der Waals surface area contributed by atoms with Gasteiger partial charge in [0.15, 0.2) is 11.5 Å². The Morgan fingerprint density at radius 2 is 1.86 bits per heavy atom. The maximum atomic E-state index is 12.3. The quantitative estimate of drug-likeness (QED) is 0.658. The third kappa shape index (κ3) is 1.68. The second-order valence-electron chi connectivity index (χ2n) is 5.11. The number of ether oxygens (including phenoxy) is 2. The van der Waals surface area contributed by atoms with Gasteiger partial charge in [0, 0.05) is 22.3 Å². The molecule has 1 saturated heterocycles. The van der Waals surface area contributed by atoms with E-state index in [1.165, 1.54) is 0 Å². The number of hydrogen-bond donors (Lipinski definition) is 2. The van der Waals surface area contributed by atoms with Crippen LogP contribution < -0.4 is 20.1 Å². The van der Waals surface area contributed by atoms with Gasteiger partial charge in [0.25, 0.3) is 5.91 Å². The van der Waals surface area contributed by atoms with E-state index >= 15 is 0 Å². The smallest absolute Gasteiger partial charge is 0.322 e. The molecule has 1 aromatic rings. The average Bonchev–Trinajstić information content (AvgIpc) is 2.77. The summed E-state index contributed by atoms with van der Waals surface area (Å²) in [5.74, 6) is 0.921. The van der Waals surface area contributed by atoms with E-state index in [1.54, 1.807) is 12.1 Å². The summed E-state index contributed by atoms with van der Waals surface area (Å²) in [6, 6.07) is 2.78. The average molecular weight is 308 g/mol. The summed E-state index contributed by atoms with van der Waals surface area (Å²) >= 11 is 0. The van der Waals surface area contributed by atoms with Crippen molar-refractivity contribution < 1.29 is 23.3 Å². The third-order valence-electron chi connectivity index (χ3n) is 3.95. The van der Waals surface area contributed by atoms with Crippen molar-refractivity contribution in [1.82, 2.24) is 10.6 Å². The highest BCUT2D eigenvalue weighted by Crippen LogP contribution is 2.43. The molecule has 4 rings (SSSR count). The first-order chi connectivity index (χ1) is 10.1. The Kier molecular flexibility index (Phi) is 2.53. The van der Waals surface area contributed by atoms with Crippen molar-refractivity contribution in [3.8, 4) is 11.5 Å². The van der Waals surface area contributed by atoms with Crippen LogP contribution in [0.15, 0.2) is 17.0 Å². The third-order valence-corrected chi connectivity index (χ3v) is 5.36. The number of imide groups is 1. The van der Waals surface area contributed by atoms with Gasteiger partial charge in [0.05, 0.1) is 10.8 Å². The van der Waals surface area contributed by atoms with E-state index < -0.39 is 28.3 Å². The van der Waals surface area contributed by atoms with Gasteiger partial charge in [-0.2, -0.15) is 0 Å². The SMILES string of the molecule is O=C1NC(=O)C2(CCS(=O)c3cc4c(cc32)OCCO4)N1. The van der Waals surface area contributed by atoms with Crippen molar-refractivity contribution in [2.24, 2.45) is 0 Å². The van der Waals surface area contributed by atoms with E-state index in [1.807, 2.05) is 0 Å². The predicted molar refractivity (Wildman–Crippen MR) is 71.7 cm³/mol. The zero-order valence-electron chi connectivity index (χ0n) is 10.9. The molecule has 3 heterocycles. The van der Waals surface area contributed by atoms with E-state index in [9.17, 15) is 13.8 Å². The number of hydrogen-bond acceptors (Lipinski definition) is 5. The zero-order valence-corrected chi connectivity index (χ0v) is 11.7. The number of urea groups is 1. The molecule has 7 nitrogen and oxygen atoms in total. The second-order valence-corrected chi connectivity index (χ2v) is 6.64. The topological polar surface area (TPSA) is 93.7 Å². The maximum Gasteiger partial charge on any atom is 0.322 e. The minimum Gasteiger partial charge on any atom is -0.486 e. The Labute approximate surface area is 122 Å². The van der Waals surface area contributed by atoms with Gasteiger partial charge < -0.3 is 14.8 Å². The number of carbonyl (C=O) groups is 2. The fraction of sp³-hybridized carbons (Fsp3) is 0.385. The number of nitrogens with one attached hydrogen (secondary N) is 2. The van der Waals surface area contributed by atoms with Crippen LogP contribution in [0.2, 0.25) is 0 Å². The summed E-state index contributed by atoms with van der Waals surface area (Å²) in [5.41, 5.74) is -0.629. The Balaban J connectivity index is 1.93. The summed E-state index contributed by atoms with van der Waals surface area (Å²) in [4.78, 5) is 24.3. The molecule has 3 aliphatic heterocycles. The number of carbonyl (C=O) groups excluding carboxylic acids is 2. The molecule has 1 spiro atoms. The standard InChI is InChI=1S/C13H12N2O5S/c16-11-13(15-12(17)14-11)1-4-21(18)10-6-9-8(5-7(10)13)19-2-3-20-9/h5-6H,1-4H2,(H2,14,15,16,17). The molecule has 110 valence electrons. The summed E-state index contributed by atoms with van der Waals surface area (Å²) in [5, 5.41) is 4.93. The minimum absolute atomic E-state index is 0.295. The molecule has 1 aromatic carbocycles. The van der Waals surface area contributed by atoms with E-state index in [0.29, 0.717) is 47.3 Å². The van der Waals surface area contributed by atoms with Gasteiger partial charge in [-0.25, -0.2) is 4.79 Å². The van der Waals surface area contributed by atoms with Gasteiger partial charge >= 0.3 is 6.03 Å². The lowest BCUT2D eigenvalue weighted by Crippen LogP contribution is -2.47. The van der Waals surface area contributed by atoms with Crippen molar-refractivity contribution in [3.63, 3.8) is 0 Å². The van der Waals surface area contributed by atoms with Crippen LogP contribution in [0.25, 0.3) is 0 Å². The molecule has 3 aliphatic rings. The van der Waals surface area contributed by atoms with Crippen LogP contribution in [0.5, 0.6) is 11.5 Å². The molecule has 2 N–H and O–H groups in total. The Morgan fingerprint density at radius 1 is 1.14 bits per heavy atom. The van der Waals surface area contributed by atoms with Crippen LogP contribution in [0, 0.1) is 0 Å². The number of fused-ring (bicyclic) bond motifs is 3. The minimum atomic E-state index is -1.23. The molecule has 0 bridgehead atoms. The molecule has 3 amide bonds. The monoisotopic (exact) mass is 308 g/mol. The van der Waals surface area contributed by atoms with Crippen LogP contribution in [-0.4, -0.2) is 35.1 Å². The van der Waals surface area contributed by atoms with E-state index in [2.05, 4.69) is 10.6 Å². The molecule has 8 heteroatoms. The van der Waals surface area contributed by atoms with E-state index in [4.69, 9.17) is 9.47 Å². The van der Waals surface area contributed by atoms with Crippen molar-refractivity contribution in [2.75, 3.05) is 19.0 Å². The summed E-state index contributed by atoms with van der Waals surface area (Å²) in [6.07, 6.45) is 0.295. The van der Waals surface area contributed by atoms with Crippen LogP contribution in [0.1, 0.15) is 12.0 Å². The first-order valence-electron chi connectivity index (χ1n) is 6.56. The van der Waals surface area contributed by atoms with Gasteiger partial charge in [-0.05, 0) is 12.5 Å². The highest BCUT2D eigenvalue weighted by atomic mass is 32.2. The van der Waals surface area contributed by atoms with Crippen molar-refractivity contribution in [2.45, 2.75) is 16.9 Å². The van der Waals surface area contributed by atoms with E-state index in [-0.39, 0.29) is 0 Å². The predicted octanol–water partition coefficient (Wildman–Crippen LogP) is 0.00380. The van der Waals surface area contributed by atoms with Gasteiger partial charge in [-0.1, -0.05) is 0 Å². The van der Waals surface area contributed by atoms with Gasteiger partial charge in [-0.3, -0.25) is 14.3 Å². The second kappa shape index (κ2) is 4.20. The fourth-order valence-corrected chi connectivity index (χ4v) is 4.37. The number of rotatable bonds is 0. The molecule has 0 aliphatic carbocycles. The molecule has 21 heavy (non-hydrogen) atoms. The lowest BCUT2D eigenvalue weighted by atomic mass is 9.86. The molecule has 1 fully saturated rings. The van der Waals surface area contributed by atoms with E-state index in [0.717, 1.165) is 0 Å². The van der Waals surface area contributed by atoms with Crippen molar-refractivity contribution in [1.29, 1.82) is 0 Å². The maximum absolute atomic E-state index is 12.3. The number of amides is 3. The van der Waals surface area contributed by atoms with Gasteiger partial charge in [0.2, 0.25) is 0 Å². The zero-order chi connectivity index (χ0) is 14.6. The van der Waals surface area contributed by atoms with Gasteiger partial charge in [-0.15, -0.1) is 0 Å². The molecular weight excluding hydrogens is 296 g/mol. The molecule has 2 atom stereocenters. The fourth-order valence-electron chi connectivity index (χ4n) is 2.94. The molecule has 0 aromatic heterocycles. The summed E-state index contributed by atoms with van der Waals surface area (Å²) in [7, 11) is -1.23. The highest BCUT2D eigenvalue weighted by Gasteiger charge is 2.51. The van der Waals surface area contributed by atoms with Crippen molar-refractivity contribution >= 4 is 22.7 Å². The van der Waals surface area contributed by atoms with Crippen LogP contribution in [0.3, 0.4) is 0 Å². The van der Waals surface area contributed by atoms with Crippen molar-refractivity contribution in [3.05, 3.63) is 17.7 Å².